The molecule has 0 radical (unpaired) electrons. The van der Waals surface area contributed by atoms with Gasteiger partial charge in [-0.1, -0.05) is 50.1 Å². The Morgan fingerprint density at radius 1 is 1.03 bits per heavy atom. The number of rotatable bonds is 15. The predicted molar refractivity (Wildman–Crippen MR) is 137 cm³/mol. The van der Waals surface area contributed by atoms with Crippen molar-refractivity contribution < 1.29 is 9.90 Å². The van der Waals surface area contributed by atoms with Crippen LogP contribution in [-0.4, -0.2) is 48.6 Å². The fraction of sp³-hybridized carbons (Fsp3) is 0.536. The van der Waals surface area contributed by atoms with Crippen LogP contribution in [0.5, 0.6) is 5.75 Å². The molecule has 3 rings (SSSR count). The minimum atomic E-state index is 0.166. The molecular weight excluding hydrogens is 410 g/mol. The number of carbonyl (C=O) groups is 1. The van der Waals surface area contributed by atoms with Gasteiger partial charge in [0, 0.05) is 6.04 Å². The maximum absolute atomic E-state index is 10.8. The normalized spacial score (nSPS) is 15.4. The molecule has 0 heterocycles. The highest BCUT2D eigenvalue weighted by molar-refractivity contribution is 5.76. The largest absolute Gasteiger partial charge is 0.506 e. The van der Waals surface area contributed by atoms with Crippen molar-refractivity contribution in [3.05, 3.63) is 59.2 Å². The van der Waals surface area contributed by atoms with Crippen molar-refractivity contribution >= 4 is 12.1 Å². The third kappa shape index (κ3) is 8.17. The van der Waals surface area contributed by atoms with Gasteiger partial charge in [-0.3, -0.25) is 4.79 Å². The van der Waals surface area contributed by atoms with Gasteiger partial charge >= 0.3 is 0 Å². The van der Waals surface area contributed by atoms with Gasteiger partial charge in [0.2, 0.25) is 6.41 Å². The smallest absolute Gasteiger partial charge is 0.211 e. The minimum absolute atomic E-state index is 0.166. The van der Waals surface area contributed by atoms with Crippen LogP contribution in [0.15, 0.2) is 42.5 Å². The fourth-order valence-corrected chi connectivity index (χ4v) is 4.95. The van der Waals surface area contributed by atoms with Crippen molar-refractivity contribution in [1.82, 2.24) is 10.2 Å². The number of fused-ring (bicyclic) bond motifs is 1. The molecule has 2 aromatic rings. The highest BCUT2D eigenvalue weighted by Gasteiger charge is 2.24. The molecule has 0 saturated carbocycles. The van der Waals surface area contributed by atoms with E-state index in [2.05, 4.69) is 52.8 Å². The molecule has 1 aliphatic rings. The zero-order chi connectivity index (χ0) is 23.3. The third-order valence-corrected chi connectivity index (χ3v) is 6.74. The molecule has 0 aliphatic heterocycles. The van der Waals surface area contributed by atoms with Crippen LogP contribution in [-0.2, 0) is 24.1 Å². The van der Waals surface area contributed by atoms with Gasteiger partial charge in [-0.15, -0.1) is 0 Å². The van der Waals surface area contributed by atoms with Crippen LogP contribution in [0.25, 0.3) is 0 Å². The summed E-state index contributed by atoms with van der Waals surface area (Å²) in [4.78, 5) is 13.5. The molecule has 5 heteroatoms. The van der Waals surface area contributed by atoms with E-state index in [0.717, 1.165) is 51.9 Å². The molecule has 33 heavy (non-hydrogen) atoms. The molecule has 1 atom stereocenters. The van der Waals surface area contributed by atoms with E-state index in [-0.39, 0.29) is 5.75 Å². The lowest BCUT2D eigenvalue weighted by Crippen LogP contribution is -2.40. The Labute approximate surface area is 199 Å². The van der Waals surface area contributed by atoms with E-state index in [9.17, 15) is 9.90 Å². The quantitative estimate of drug-likeness (QED) is 0.204. The topological polar surface area (TPSA) is 64.6 Å². The number of unbranched alkanes of at least 4 members (excludes halogenated alkanes) is 3. The lowest BCUT2D eigenvalue weighted by molar-refractivity contribution is -0.105. The third-order valence-electron chi connectivity index (χ3n) is 6.74. The standard InChI is InChI=1S/C28H41N3O2/c1-2-17-31(18-9-4-3-8-15-29-16-14-23-10-6-5-7-11-23)26-13-12-24-21-28(33)27(30-22-32)20-25(24)19-26/h5-7,10-11,20-22,26,29,33H,2-4,8-9,12-19H2,1H3,(H,30,32)/t26-/m1/s1. The van der Waals surface area contributed by atoms with E-state index < -0.39 is 0 Å². The van der Waals surface area contributed by atoms with Crippen LogP contribution in [0.1, 0.15) is 62.1 Å². The lowest BCUT2D eigenvalue weighted by atomic mass is 9.86. The summed E-state index contributed by atoms with van der Waals surface area (Å²) < 4.78 is 0. The van der Waals surface area contributed by atoms with Gasteiger partial charge in [-0.25, -0.2) is 0 Å². The molecule has 0 fully saturated rings. The maximum Gasteiger partial charge on any atom is 0.211 e. The molecular formula is C28H41N3O2. The van der Waals surface area contributed by atoms with E-state index in [1.165, 1.54) is 48.8 Å². The number of benzene rings is 2. The van der Waals surface area contributed by atoms with Gasteiger partial charge in [-0.05, 0) is 99.9 Å². The number of hydrogen-bond acceptors (Lipinski definition) is 4. The Morgan fingerprint density at radius 3 is 2.64 bits per heavy atom. The maximum atomic E-state index is 10.8. The van der Waals surface area contributed by atoms with E-state index in [1.54, 1.807) is 0 Å². The Kier molecular flexibility index (Phi) is 10.7. The summed E-state index contributed by atoms with van der Waals surface area (Å²) in [6.07, 6.45) is 11.1. The number of carbonyl (C=O) groups excluding carboxylic acids is 1. The Balaban J connectivity index is 1.35. The summed E-state index contributed by atoms with van der Waals surface area (Å²) in [5.41, 5.74) is 4.40. The van der Waals surface area contributed by atoms with Crippen LogP contribution in [0.2, 0.25) is 0 Å². The molecule has 0 unspecified atom stereocenters. The molecule has 0 saturated heterocycles. The van der Waals surface area contributed by atoms with Gasteiger partial charge in [0.05, 0.1) is 5.69 Å². The van der Waals surface area contributed by atoms with Crippen molar-refractivity contribution in [2.75, 3.05) is 31.5 Å². The Bertz CT molecular complexity index is 841. The van der Waals surface area contributed by atoms with Crippen LogP contribution in [0, 0.1) is 0 Å². The summed E-state index contributed by atoms with van der Waals surface area (Å²) >= 11 is 0. The first-order chi connectivity index (χ1) is 16.2. The number of hydrogen-bond donors (Lipinski definition) is 3. The Hall–Kier alpha value is -2.37. The highest BCUT2D eigenvalue weighted by atomic mass is 16.3. The zero-order valence-electron chi connectivity index (χ0n) is 20.2. The highest BCUT2D eigenvalue weighted by Crippen LogP contribution is 2.33. The van der Waals surface area contributed by atoms with E-state index in [1.807, 2.05) is 12.1 Å². The van der Waals surface area contributed by atoms with Gasteiger partial charge in [0.25, 0.3) is 0 Å². The number of nitrogens with zero attached hydrogens (tertiary/aromatic N) is 1. The van der Waals surface area contributed by atoms with Crippen molar-refractivity contribution in [1.29, 1.82) is 0 Å². The number of nitrogens with one attached hydrogen (secondary N) is 2. The van der Waals surface area contributed by atoms with Crippen LogP contribution in [0.4, 0.5) is 5.69 Å². The molecule has 2 aromatic carbocycles. The predicted octanol–water partition coefficient (Wildman–Crippen LogP) is 4.92. The number of amides is 1. The number of anilines is 1. The molecule has 5 nitrogen and oxygen atoms in total. The van der Waals surface area contributed by atoms with Crippen molar-refractivity contribution in [3.63, 3.8) is 0 Å². The fourth-order valence-electron chi connectivity index (χ4n) is 4.95. The summed E-state index contributed by atoms with van der Waals surface area (Å²) in [7, 11) is 0. The van der Waals surface area contributed by atoms with Crippen molar-refractivity contribution in [3.8, 4) is 5.75 Å². The first kappa shape index (κ1) is 25.3. The SMILES string of the molecule is CCCN(CCCCCCNCCc1ccccc1)[C@@H]1CCc2cc(O)c(NC=O)cc2C1. The lowest BCUT2D eigenvalue weighted by Gasteiger charge is -2.35. The van der Waals surface area contributed by atoms with Gasteiger partial charge in [-0.2, -0.15) is 0 Å². The summed E-state index contributed by atoms with van der Waals surface area (Å²) in [5.74, 6) is 0.166. The molecule has 1 amide bonds. The number of aromatic hydroxyl groups is 1. The van der Waals surface area contributed by atoms with Gasteiger partial charge in [0.1, 0.15) is 5.75 Å². The van der Waals surface area contributed by atoms with E-state index in [4.69, 9.17) is 0 Å². The second-order valence-electron chi connectivity index (χ2n) is 9.23. The molecule has 0 aromatic heterocycles. The molecule has 1 aliphatic carbocycles. The number of phenols is 1. The molecule has 0 spiro atoms. The summed E-state index contributed by atoms with van der Waals surface area (Å²) in [6.45, 7) is 6.72. The van der Waals surface area contributed by atoms with Gasteiger partial charge in [0.15, 0.2) is 0 Å². The minimum Gasteiger partial charge on any atom is -0.506 e. The van der Waals surface area contributed by atoms with Crippen LogP contribution < -0.4 is 10.6 Å². The first-order valence-electron chi connectivity index (χ1n) is 12.7. The monoisotopic (exact) mass is 451 g/mol. The molecule has 3 N–H and O–H groups in total. The summed E-state index contributed by atoms with van der Waals surface area (Å²) in [6, 6.07) is 15.0. The average Bonchev–Trinajstić information content (AvgIpc) is 2.83. The van der Waals surface area contributed by atoms with Crippen LogP contribution >= 0.6 is 0 Å². The molecule has 0 bridgehead atoms. The van der Waals surface area contributed by atoms with E-state index >= 15 is 0 Å². The van der Waals surface area contributed by atoms with E-state index in [0.29, 0.717) is 18.1 Å². The average molecular weight is 452 g/mol. The van der Waals surface area contributed by atoms with Gasteiger partial charge < -0.3 is 20.6 Å². The van der Waals surface area contributed by atoms with Crippen molar-refractivity contribution in [2.24, 2.45) is 0 Å². The second-order valence-corrected chi connectivity index (χ2v) is 9.23. The first-order valence-corrected chi connectivity index (χ1v) is 12.7. The van der Waals surface area contributed by atoms with Crippen LogP contribution in [0.3, 0.4) is 0 Å². The Morgan fingerprint density at radius 2 is 1.85 bits per heavy atom. The zero-order valence-corrected chi connectivity index (χ0v) is 20.2. The molecule has 180 valence electrons. The second kappa shape index (κ2) is 14.0. The van der Waals surface area contributed by atoms with Crippen molar-refractivity contribution in [2.45, 2.75) is 70.8 Å². The summed E-state index contributed by atoms with van der Waals surface area (Å²) in [5, 5.41) is 16.3. The number of phenolic OH excluding ortho intramolecular Hbond substituents is 1. The number of aryl methyl sites for hydroxylation is 1.